The van der Waals surface area contributed by atoms with Gasteiger partial charge in [-0.3, -0.25) is 14.5 Å². The van der Waals surface area contributed by atoms with Crippen molar-refractivity contribution >= 4 is 32.7 Å². The molecule has 0 radical (unpaired) electrons. The zero-order valence-electron chi connectivity index (χ0n) is 21.2. The SMILES string of the molecule is Cn1/c(=N/C#N)n(-c2ccc(C(C)(C)C#N)nc2)c2c3cc(-c4cccc5ccccc45)ccc3ncc21. The van der Waals surface area contributed by atoms with Gasteiger partial charge in [0.05, 0.1) is 51.8 Å². The average Bonchev–Trinajstić information content (AvgIpc) is 3.24. The second-order valence-corrected chi connectivity index (χ2v) is 9.80. The van der Waals surface area contributed by atoms with E-state index < -0.39 is 5.41 Å². The molecule has 0 aliphatic rings. The van der Waals surface area contributed by atoms with Gasteiger partial charge in [-0.15, -0.1) is 4.99 Å². The molecule has 0 amide bonds. The van der Waals surface area contributed by atoms with Crippen LogP contribution < -0.4 is 5.62 Å². The third kappa shape index (κ3) is 3.53. The first-order chi connectivity index (χ1) is 18.4. The fourth-order valence-electron chi connectivity index (χ4n) is 5.01. The summed E-state index contributed by atoms with van der Waals surface area (Å²) in [6.07, 6.45) is 5.48. The van der Waals surface area contributed by atoms with E-state index in [1.54, 1.807) is 6.20 Å². The lowest BCUT2D eigenvalue weighted by Crippen LogP contribution is -2.23. The average molecular weight is 494 g/mol. The molecule has 0 N–H and O–H groups in total. The highest BCUT2D eigenvalue weighted by atomic mass is 15.2. The Kier molecular flexibility index (Phi) is 5.29. The Morgan fingerprint density at radius 3 is 2.45 bits per heavy atom. The Morgan fingerprint density at radius 2 is 1.68 bits per heavy atom. The highest BCUT2D eigenvalue weighted by Gasteiger charge is 2.22. The molecule has 3 aromatic heterocycles. The molecule has 6 rings (SSSR count). The van der Waals surface area contributed by atoms with E-state index in [1.165, 1.54) is 10.8 Å². The summed E-state index contributed by atoms with van der Waals surface area (Å²) < 4.78 is 3.80. The van der Waals surface area contributed by atoms with Crippen molar-refractivity contribution in [3.63, 3.8) is 0 Å². The first-order valence-corrected chi connectivity index (χ1v) is 12.2. The number of nitrogens with zero attached hydrogens (tertiary/aromatic N) is 7. The van der Waals surface area contributed by atoms with E-state index in [0.717, 1.165) is 38.8 Å². The summed E-state index contributed by atoms with van der Waals surface area (Å²) in [7, 11) is 1.87. The van der Waals surface area contributed by atoms with E-state index in [4.69, 9.17) is 4.98 Å². The summed E-state index contributed by atoms with van der Waals surface area (Å²) in [6.45, 7) is 3.68. The van der Waals surface area contributed by atoms with Crippen LogP contribution in [0.5, 0.6) is 0 Å². The molecule has 7 heteroatoms. The lowest BCUT2D eigenvalue weighted by Gasteiger charge is -2.15. The van der Waals surface area contributed by atoms with Crippen LogP contribution in [0.1, 0.15) is 19.5 Å². The minimum atomic E-state index is -0.716. The number of imidazole rings is 1. The van der Waals surface area contributed by atoms with Gasteiger partial charge in [0, 0.05) is 12.4 Å². The Bertz CT molecular complexity index is 2020. The zero-order chi connectivity index (χ0) is 26.4. The van der Waals surface area contributed by atoms with Gasteiger partial charge in [-0.25, -0.2) is 0 Å². The largest absolute Gasteiger partial charge is 0.311 e. The molecule has 3 heterocycles. The maximum absolute atomic E-state index is 9.54. The maximum Gasteiger partial charge on any atom is 0.226 e. The number of aromatic nitrogens is 4. The van der Waals surface area contributed by atoms with Crippen molar-refractivity contribution in [1.29, 1.82) is 10.5 Å². The van der Waals surface area contributed by atoms with Gasteiger partial charge in [0.2, 0.25) is 11.8 Å². The second-order valence-electron chi connectivity index (χ2n) is 9.80. The van der Waals surface area contributed by atoms with Crippen molar-refractivity contribution in [2.45, 2.75) is 19.3 Å². The van der Waals surface area contributed by atoms with Crippen LogP contribution in [0, 0.1) is 22.8 Å². The molecule has 0 bridgehead atoms. The molecule has 0 saturated carbocycles. The van der Waals surface area contributed by atoms with E-state index in [1.807, 2.05) is 66.7 Å². The highest BCUT2D eigenvalue weighted by Crippen LogP contribution is 2.33. The molecule has 0 fully saturated rings. The van der Waals surface area contributed by atoms with Crippen molar-refractivity contribution in [2.24, 2.45) is 12.0 Å². The van der Waals surface area contributed by atoms with Crippen LogP contribution in [0.25, 0.3) is 49.5 Å². The van der Waals surface area contributed by atoms with Crippen molar-refractivity contribution in [3.8, 4) is 29.1 Å². The Hall–Kier alpha value is -5.27. The third-order valence-electron chi connectivity index (χ3n) is 7.08. The topological polar surface area (TPSA) is 95.6 Å². The molecule has 6 aromatic rings. The van der Waals surface area contributed by atoms with E-state index in [-0.39, 0.29) is 0 Å². The van der Waals surface area contributed by atoms with Crippen molar-refractivity contribution < 1.29 is 0 Å². The molecule has 0 spiro atoms. The van der Waals surface area contributed by atoms with Gasteiger partial charge in [0.15, 0.2) is 0 Å². The summed E-state index contributed by atoms with van der Waals surface area (Å²) in [5.41, 5.74) is 5.91. The standard InChI is InChI=1S/C31H23N7/c1-31(2,18-32)28-14-12-22(16-35-28)38-29-25-15-21(24-10-6-8-20-7-4-5-9-23(20)24)11-13-26(25)34-17-27(29)37(3)30(38)36-19-33/h4-17H,1-3H3/b36-30-. The summed E-state index contributed by atoms with van der Waals surface area (Å²) >= 11 is 0. The number of fused-ring (bicyclic) bond motifs is 4. The maximum atomic E-state index is 9.54. The lowest BCUT2D eigenvalue weighted by atomic mass is 9.91. The van der Waals surface area contributed by atoms with Crippen LogP contribution in [0.15, 0.2) is 90.2 Å². The van der Waals surface area contributed by atoms with E-state index >= 15 is 0 Å². The monoisotopic (exact) mass is 493 g/mol. The first-order valence-electron chi connectivity index (χ1n) is 12.2. The number of hydrogen-bond donors (Lipinski definition) is 0. The van der Waals surface area contributed by atoms with Crippen LogP contribution in [0.3, 0.4) is 0 Å². The van der Waals surface area contributed by atoms with E-state index in [9.17, 15) is 10.5 Å². The molecular weight excluding hydrogens is 470 g/mol. The molecule has 3 aromatic carbocycles. The van der Waals surface area contributed by atoms with Crippen molar-refractivity contribution in [1.82, 2.24) is 19.1 Å². The van der Waals surface area contributed by atoms with Gasteiger partial charge in [-0.1, -0.05) is 48.5 Å². The van der Waals surface area contributed by atoms with Gasteiger partial charge in [-0.05, 0) is 60.0 Å². The van der Waals surface area contributed by atoms with Gasteiger partial charge in [0.25, 0.3) is 0 Å². The summed E-state index contributed by atoms with van der Waals surface area (Å²) in [6, 6.07) is 27.0. The van der Waals surface area contributed by atoms with Gasteiger partial charge < -0.3 is 4.57 Å². The van der Waals surface area contributed by atoms with Crippen LogP contribution in [-0.4, -0.2) is 19.1 Å². The number of hydrogen-bond acceptors (Lipinski definition) is 5. The van der Waals surface area contributed by atoms with Crippen LogP contribution in [-0.2, 0) is 12.5 Å². The predicted molar refractivity (Wildman–Crippen MR) is 148 cm³/mol. The lowest BCUT2D eigenvalue weighted by molar-refractivity contribution is 0.658. The molecule has 0 saturated heterocycles. The van der Waals surface area contributed by atoms with Gasteiger partial charge >= 0.3 is 0 Å². The Balaban J connectivity index is 1.68. The number of aryl methyl sites for hydroxylation is 1. The normalized spacial score (nSPS) is 12.2. The molecule has 0 unspecified atom stereocenters. The third-order valence-corrected chi connectivity index (χ3v) is 7.08. The van der Waals surface area contributed by atoms with Gasteiger partial charge in [-0.2, -0.15) is 10.5 Å². The number of benzene rings is 3. The van der Waals surface area contributed by atoms with E-state index in [0.29, 0.717) is 11.3 Å². The number of nitriles is 2. The molecule has 0 aliphatic heterocycles. The molecule has 38 heavy (non-hydrogen) atoms. The molecule has 0 atom stereocenters. The summed E-state index contributed by atoms with van der Waals surface area (Å²) in [4.78, 5) is 13.5. The smallest absolute Gasteiger partial charge is 0.226 e. The second kappa shape index (κ2) is 8.69. The Labute approximate surface area is 219 Å². The quantitative estimate of drug-likeness (QED) is 0.286. The highest BCUT2D eigenvalue weighted by molar-refractivity contribution is 6.06. The van der Waals surface area contributed by atoms with Gasteiger partial charge in [0.1, 0.15) is 0 Å². The molecule has 182 valence electrons. The predicted octanol–water partition coefficient (Wildman–Crippen LogP) is 5.92. The molecule has 0 aliphatic carbocycles. The van der Waals surface area contributed by atoms with Crippen LogP contribution in [0.2, 0.25) is 0 Å². The minimum absolute atomic E-state index is 0.460. The number of rotatable bonds is 3. The fraction of sp³-hybridized carbons (Fsp3) is 0.129. The fourth-order valence-corrected chi connectivity index (χ4v) is 5.01. The first kappa shape index (κ1) is 23.1. The molecule has 7 nitrogen and oxygen atoms in total. The van der Waals surface area contributed by atoms with Crippen LogP contribution >= 0.6 is 0 Å². The number of pyridine rings is 2. The summed E-state index contributed by atoms with van der Waals surface area (Å²) in [5.74, 6) is 0. The van der Waals surface area contributed by atoms with E-state index in [2.05, 4.69) is 64.6 Å². The summed E-state index contributed by atoms with van der Waals surface area (Å²) in [5, 5.41) is 22.3. The van der Waals surface area contributed by atoms with Crippen molar-refractivity contribution in [3.05, 3.63) is 96.5 Å². The van der Waals surface area contributed by atoms with Crippen molar-refractivity contribution in [2.75, 3.05) is 0 Å². The Morgan fingerprint density at radius 1 is 0.868 bits per heavy atom. The molecular formula is C31H23N7. The zero-order valence-corrected chi connectivity index (χ0v) is 21.2. The van der Waals surface area contributed by atoms with Crippen LogP contribution in [0.4, 0.5) is 0 Å². The minimum Gasteiger partial charge on any atom is -0.311 e.